The van der Waals surface area contributed by atoms with Crippen molar-refractivity contribution in [2.75, 3.05) is 0 Å². The van der Waals surface area contributed by atoms with Gasteiger partial charge in [0.05, 0.1) is 22.0 Å². The van der Waals surface area contributed by atoms with Crippen molar-refractivity contribution in [1.29, 1.82) is 0 Å². The molecule has 9 heteroatoms. The Morgan fingerprint density at radius 3 is 2.93 bits per heavy atom. The van der Waals surface area contributed by atoms with E-state index in [1.807, 2.05) is 6.92 Å². The van der Waals surface area contributed by atoms with E-state index in [4.69, 9.17) is 0 Å². The molecule has 1 aromatic heterocycles. The van der Waals surface area contributed by atoms with Crippen LogP contribution in [0, 0.1) is 10.1 Å². The zero-order valence-electron chi connectivity index (χ0n) is 16.3. The number of aryl methyl sites for hydroxylation is 2. The van der Waals surface area contributed by atoms with Gasteiger partial charge in [-0.2, -0.15) is 5.10 Å². The molecule has 0 radical (unpaired) electrons. The molecule has 9 nitrogen and oxygen atoms in total. The number of hydrogen-bond donors (Lipinski definition) is 1. The van der Waals surface area contributed by atoms with Gasteiger partial charge in [-0.15, -0.1) is 0 Å². The zero-order valence-corrected chi connectivity index (χ0v) is 16.3. The second-order valence-electron chi connectivity index (χ2n) is 7.02. The molecule has 0 spiro atoms. The number of nitro benzene ring substituents is 1. The van der Waals surface area contributed by atoms with Crippen molar-refractivity contribution in [3.63, 3.8) is 0 Å². The normalized spacial score (nSPS) is 13.0. The van der Waals surface area contributed by atoms with Crippen LogP contribution >= 0.6 is 0 Å². The summed E-state index contributed by atoms with van der Waals surface area (Å²) in [6.45, 7) is 2.52. The number of nitrogens with one attached hydrogen (secondary N) is 1. The van der Waals surface area contributed by atoms with E-state index in [-0.39, 0.29) is 11.2 Å². The van der Waals surface area contributed by atoms with Gasteiger partial charge < -0.3 is 0 Å². The van der Waals surface area contributed by atoms with Gasteiger partial charge in [-0.05, 0) is 31.0 Å². The Hall–Kier alpha value is -3.88. The van der Waals surface area contributed by atoms with E-state index in [0.29, 0.717) is 40.6 Å². The number of amides is 1. The van der Waals surface area contributed by atoms with E-state index in [0.717, 1.165) is 18.7 Å². The molecular weight excluding hydrogens is 386 g/mol. The highest BCUT2D eigenvalue weighted by molar-refractivity contribution is 5.98. The van der Waals surface area contributed by atoms with Crippen LogP contribution in [-0.4, -0.2) is 26.6 Å². The first-order chi connectivity index (χ1) is 14.5. The van der Waals surface area contributed by atoms with Crippen LogP contribution in [0.15, 0.2) is 46.3 Å². The highest BCUT2D eigenvalue weighted by atomic mass is 16.6. The molecule has 4 rings (SSSR count). The second kappa shape index (κ2) is 7.86. The Kier molecular flexibility index (Phi) is 5.09. The van der Waals surface area contributed by atoms with E-state index >= 15 is 0 Å². The molecule has 2 heterocycles. The lowest BCUT2D eigenvalue weighted by Gasteiger charge is -2.06. The first kappa shape index (κ1) is 19.4. The van der Waals surface area contributed by atoms with Crippen molar-refractivity contribution in [2.24, 2.45) is 5.10 Å². The van der Waals surface area contributed by atoms with E-state index in [9.17, 15) is 19.7 Å². The minimum absolute atomic E-state index is 0.0206. The van der Waals surface area contributed by atoms with Gasteiger partial charge in [-0.1, -0.05) is 19.1 Å². The van der Waals surface area contributed by atoms with Crippen LogP contribution in [0.3, 0.4) is 0 Å². The summed E-state index contributed by atoms with van der Waals surface area (Å²) in [5.41, 5.74) is 4.28. The smallest absolute Gasteiger partial charge is 0.273 e. The Morgan fingerprint density at radius 2 is 2.17 bits per heavy atom. The average Bonchev–Trinajstić information content (AvgIpc) is 3.22. The fourth-order valence-electron chi connectivity index (χ4n) is 3.59. The van der Waals surface area contributed by atoms with Crippen LogP contribution < -0.4 is 11.0 Å². The van der Waals surface area contributed by atoms with Gasteiger partial charge in [-0.25, -0.2) is 10.4 Å². The van der Waals surface area contributed by atoms with E-state index in [1.54, 1.807) is 34.9 Å². The van der Waals surface area contributed by atoms with Crippen molar-refractivity contribution < 1.29 is 9.72 Å². The lowest BCUT2D eigenvalue weighted by molar-refractivity contribution is -0.385. The Bertz CT molecular complexity index is 1260. The lowest BCUT2D eigenvalue weighted by Crippen LogP contribution is -2.22. The maximum Gasteiger partial charge on any atom is 0.273 e. The van der Waals surface area contributed by atoms with Crippen LogP contribution in [0.25, 0.3) is 10.9 Å². The molecule has 1 aliphatic rings. The van der Waals surface area contributed by atoms with Gasteiger partial charge in [-0.3, -0.25) is 24.3 Å². The van der Waals surface area contributed by atoms with Crippen molar-refractivity contribution in [1.82, 2.24) is 15.0 Å². The molecule has 0 aliphatic carbocycles. The number of nitrogens with zero attached hydrogens (tertiary/aromatic N) is 4. The molecular formula is C21H19N5O4. The van der Waals surface area contributed by atoms with Crippen LogP contribution in [0.2, 0.25) is 0 Å². The number of nitro groups is 1. The number of carbonyl (C=O) groups excluding carboxylic acids is 1. The summed E-state index contributed by atoms with van der Waals surface area (Å²) in [5, 5.41) is 15.5. The predicted molar refractivity (Wildman–Crippen MR) is 112 cm³/mol. The number of hydrazone groups is 1. The number of benzene rings is 2. The summed E-state index contributed by atoms with van der Waals surface area (Å²) >= 11 is 0. The highest BCUT2D eigenvalue weighted by Crippen LogP contribution is 2.20. The Morgan fingerprint density at radius 1 is 1.33 bits per heavy atom. The molecule has 3 aromatic rings. The molecule has 0 unspecified atom stereocenters. The molecule has 2 aromatic carbocycles. The van der Waals surface area contributed by atoms with Gasteiger partial charge in [0, 0.05) is 35.7 Å². The third-order valence-electron chi connectivity index (χ3n) is 5.15. The summed E-state index contributed by atoms with van der Waals surface area (Å²) in [6, 6.07) is 9.52. The third kappa shape index (κ3) is 3.57. The van der Waals surface area contributed by atoms with Gasteiger partial charge >= 0.3 is 0 Å². The summed E-state index contributed by atoms with van der Waals surface area (Å²) in [4.78, 5) is 40.2. The molecule has 0 atom stereocenters. The maximum atomic E-state index is 12.5. The van der Waals surface area contributed by atoms with Crippen LogP contribution in [-0.2, 0) is 19.4 Å². The standard InChI is InChI=1S/C21H19N5O4/c1-2-14-6-5-13(10-18(14)26(29)30)12-22-24-20(27)15-7-8-16-17(11-15)23-19-4-3-9-25(19)21(16)28/h5-8,10-12H,2-4,9H2,1H3,(H,24,27)/b22-12-. The monoisotopic (exact) mass is 405 g/mol. The van der Waals surface area contributed by atoms with Gasteiger partial charge in [0.25, 0.3) is 17.2 Å². The molecule has 152 valence electrons. The van der Waals surface area contributed by atoms with Crippen LogP contribution in [0.1, 0.15) is 40.7 Å². The number of carbonyl (C=O) groups is 1. The molecule has 1 N–H and O–H groups in total. The largest absolute Gasteiger partial charge is 0.296 e. The molecule has 0 saturated heterocycles. The minimum Gasteiger partial charge on any atom is -0.296 e. The first-order valence-electron chi connectivity index (χ1n) is 9.62. The summed E-state index contributed by atoms with van der Waals surface area (Å²) in [7, 11) is 0. The molecule has 1 amide bonds. The van der Waals surface area contributed by atoms with Crippen LogP contribution in [0.5, 0.6) is 0 Å². The number of rotatable bonds is 5. The van der Waals surface area contributed by atoms with E-state index in [2.05, 4.69) is 15.5 Å². The average molecular weight is 405 g/mol. The van der Waals surface area contributed by atoms with Gasteiger partial charge in [0.1, 0.15) is 5.82 Å². The Labute approximate surface area is 171 Å². The molecule has 0 saturated carbocycles. The van der Waals surface area contributed by atoms with Crippen LogP contribution in [0.4, 0.5) is 5.69 Å². The fraction of sp³-hybridized carbons (Fsp3) is 0.238. The third-order valence-corrected chi connectivity index (χ3v) is 5.15. The van der Waals surface area contributed by atoms with Crippen molar-refractivity contribution in [3.05, 3.63) is 79.4 Å². The van der Waals surface area contributed by atoms with Crippen molar-refractivity contribution >= 4 is 28.7 Å². The molecule has 0 bridgehead atoms. The number of aromatic nitrogens is 2. The number of fused-ring (bicyclic) bond motifs is 2. The summed E-state index contributed by atoms with van der Waals surface area (Å²) < 4.78 is 1.68. The maximum absolute atomic E-state index is 12.5. The lowest BCUT2D eigenvalue weighted by atomic mass is 10.1. The van der Waals surface area contributed by atoms with E-state index < -0.39 is 10.8 Å². The minimum atomic E-state index is -0.463. The highest BCUT2D eigenvalue weighted by Gasteiger charge is 2.17. The SMILES string of the molecule is CCc1ccc(/C=N\NC(=O)c2ccc3c(=O)n4c(nc3c2)CCC4)cc1[N+](=O)[O-]. The second-order valence-corrected chi connectivity index (χ2v) is 7.02. The Balaban J connectivity index is 1.54. The topological polar surface area (TPSA) is 119 Å². The molecule has 30 heavy (non-hydrogen) atoms. The molecule has 1 aliphatic heterocycles. The first-order valence-corrected chi connectivity index (χ1v) is 9.62. The predicted octanol–water partition coefficient (Wildman–Crippen LogP) is 2.58. The quantitative estimate of drug-likeness (QED) is 0.397. The number of hydrogen-bond acceptors (Lipinski definition) is 6. The zero-order chi connectivity index (χ0) is 21.3. The van der Waals surface area contributed by atoms with Crippen molar-refractivity contribution in [2.45, 2.75) is 32.7 Å². The molecule has 0 fully saturated rings. The van der Waals surface area contributed by atoms with Gasteiger partial charge in [0.2, 0.25) is 0 Å². The van der Waals surface area contributed by atoms with Crippen molar-refractivity contribution in [3.8, 4) is 0 Å². The van der Waals surface area contributed by atoms with Gasteiger partial charge in [0.15, 0.2) is 0 Å². The van der Waals surface area contributed by atoms with E-state index in [1.165, 1.54) is 12.3 Å². The summed E-state index contributed by atoms with van der Waals surface area (Å²) in [5.74, 6) is 0.274. The fourth-order valence-corrected chi connectivity index (χ4v) is 3.59. The summed E-state index contributed by atoms with van der Waals surface area (Å²) in [6.07, 6.45) is 3.53.